The third kappa shape index (κ3) is 5.93. The Labute approximate surface area is 146 Å². The van der Waals surface area contributed by atoms with Crippen LogP contribution in [-0.2, 0) is 0 Å². The van der Waals surface area contributed by atoms with Crippen molar-refractivity contribution in [3.8, 4) is 0 Å². The van der Waals surface area contributed by atoms with Crippen molar-refractivity contribution in [2.75, 3.05) is 31.5 Å². The molecule has 1 saturated heterocycles. The van der Waals surface area contributed by atoms with E-state index >= 15 is 0 Å². The van der Waals surface area contributed by atoms with Crippen molar-refractivity contribution in [2.24, 2.45) is 0 Å². The number of likely N-dealkylation sites (tertiary alicyclic amines) is 1. The first kappa shape index (κ1) is 17.9. The van der Waals surface area contributed by atoms with E-state index in [4.69, 9.17) is 23.8 Å². The molecule has 1 aliphatic heterocycles. The lowest BCUT2D eigenvalue weighted by atomic mass is 10.1. The number of benzene rings is 1. The van der Waals surface area contributed by atoms with E-state index in [0.717, 1.165) is 19.5 Å². The van der Waals surface area contributed by atoms with Gasteiger partial charge in [-0.3, -0.25) is 10.1 Å². The number of rotatable bonds is 6. The predicted molar refractivity (Wildman–Crippen MR) is 96.4 cm³/mol. The molecule has 1 heterocycles. The number of nitrogens with zero attached hydrogens (tertiary/aromatic N) is 1. The molecule has 1 aromatic carbocycles. The molecule has 126 valence electrons. The zero-order valence-corrected chi connectivity index (χ0v) is 14.5. The molecular weight excluding hydrogens is 336 g/mol. The normalized spacial score (nSPS) is 15.2. The van der Waals surface area contributed by atoms with Crippen LogP contribution in [0, 0.1) is 10.1 Å². The molecule has 0 aliphatic carbocycles. The minimum Gasteiger partial charge on any atom is -0.362 e. The Kier molecular flexibility index (Phi) is 7.01. The van der Waals surface area contributed by atoms with Crippen molar-refractivity contribution < 1.29 is 9.82 Å². The number of non-ortho nitro benzene ring substituents is 1. The summed E-state index contributed by atoms with van der Waals surface area (Å²) < 4.78 is 0. The van der Waals surface area contributed by atoms with Gasteiger partial charge in [-0.25, -0.2) is 0 Å². The van der Waals surface area contributed by atoms with Crippen LogP contribution in [0.2, 0.25) is 5.02 Å². The van der Waals surface area contributed by atoms with Crippen molar-refractivity contribution in [3.63, 3.8) is 0 Å². The summed E-state index contributed by atoms with van der Waals surface area (Å²) in [4.78, 5) is 12.0. The summed E-state index contributed by atoms with van der Waals surface area (Å²) >= 11 is 11.2. The summed E-state index contributed by atoms with van der Waals surface area (Å²) in [5.41, 5.74) is 0.424. The summed E-state index contributed by atoms with van der Waals surface area (Å²) in [5, 5.41) is 17.7. The van der Waals surface area contributed by atoms with Crippen molar-refractivity contribution in [2.45, 2.75) is 25.7 Å². The number of hydrogen-bond acceptors (Lipinski definition) is 3. The number of halogens is 1. The van der Waals surface area contributed by atoms with Gasteiger partial charge in [0, 0.05) is 25.1 Å². The van der Waals surface area contributed by atoms with Gasteiger partial charge in [0.25, 0.3) is 5.69 Å². The lowest BCUT2D eigenvalue weighted by Crippen LogP contribution is -3.12. The van der Waals surface area contributed by atoms with E-state index in [0.29, 0.717) is 15.8 Å². The van der Waals surface area contributed by atoms with Crippen LogP contribution in [-0.4, -0.2) is 36.2 Å². The Hall–Kier alpha value is -1.44. The first-order valence-corrected chi connectivity index (χ1v) is 8.67. The molecule has 2 rings (SSSR count). The molecule has 0 amide bonds. The highest BCUT2D eigenvalue weighted by molar-refractivity contribution is 7.80. The molecule has 3 N–H and O–H groups in total. The van der Waals surface area contributed by atoms with Gasteiger partial charge < -0.3 is 15.5 Å². The molecule has 0 aromatic heterocycles. The number of nitrogens with one attached hydrogen (secondary N) is 3. The Bertz CT molecular complexity index is 564. The van der Waals surface area contributed by atoms with Crippen LogP contribution in [0.4, 0.5) is 11.4 Å². The maximum absolute atomic E-state index is 10.8. The fourth-order valence-electron chi connectivity index (χ4n) is 2.73. The molecule has 0 atom stereocenters. The first-order valence-electron chi connectivity index (χ1n) is 7.88. The smallest absolute Gasteiger partial charge is 0.271 e. The molecule has 1 aromatic rings. The average Bonchev–Trinajstić information content (AvgIpc) is 2.54. The highest BCUT2D eigenvalue weighted by Gasteiger charge is 2.13. The average molecular weight is 358 g/mol. The van der Waals surface area contributed by atoms with Crippen molar-refractivity contribution in [1.82, 2.24) is 5.32 Å². The van der Waals surface area contributed by atoms with E-state index in [2.05, 4.69) is 10.6 Å². The number of piperidine rings is 1. The molecule has 1 aliphatic rings. The Morgan fingerprint density at radius 3 is 2.78 bits per heavy atom. The third-order valence-electron chi connectivity index (χ3n) is 3.96. The highest BCUT2D eigenvalue weighted by atomic mass is 35.5. The lowest BCUT2D eigenvalue weighted by Gasteiger charge is -2.23. The van der Waals surface area contributed by atoms with Crippen LogP contribution in [0.15, 0.2) is 18.2 Å². The number of anilines is 1. The number of hydrogen-bond donors (Lipinski definition) is 3. The number of quaternary nitrogens is 1. The summed E-state index contributed by atoms with van der Waals surface area (Å²) in [6, 6.07) is 4.24. The number of nitro groups is 1. The molecule has 6 nitrogen and oxygen atoms in total. The molecule has 8 heteroatoms. The van der Waals surface area contributed by atoms with Crippen molar-refractivity contribution in [1.29, 1.82) is 0 Å². The predicted octanol–water partition coefficient (Wildman–Crippen LogP) is 1.99. The highest BCUT2D eigenvalue weighted by Crippen LogP contribution is 2.26. The Morgan fingerprint density at radius 1 is 1.35 bits per heavy atom. The van der Waals surface area contributed by atoms with Crippen LogP contribution in [0.25, 0.3) is 0 Å². The molecule has 0 unspecified atom stereocenters. The maximum Gasteiger partial charge on any atom is 0.271 e. The van der Waals surface area contributed by atoms with Crippen LogP contribution >= 0.6 is 23.8 Å². The van der Waals surface area contributed by atoms with Gasteiger partial charge in [0.1, 0.15) is 0 Å². The summed E-state index contributed by atoms with van der Waals surface area (Å²) in [6.07, 6.45) is 5.06. The number of thiocarbonyl (C=S) groups is 1. The van der Waals surface area contributed by atoms with Gasteiger partial charge in [-0.1, -0.05) is 11.6 Å². The van der Waals surface area contributed by atoms with Gasteiger partial charge in [0.05, 0.1) is 35.3 Å². The molecule has 1 fully saturated rings. The second kappa shape index (κ2) is 9.00. The zero-order valence-electron chi connectivity index (χ0n) is 12.9. The topological polar surface area (TPSA) is 71.6 Å². The monoisotopic (exact) mass is 357 g/mol. The second-order valence-electron chi connectivity index (χ2n) is 5.72. The van der Waals surface area contributed by atoms with Gasteiger partial charge in [0.2, 0.25) is 0 Å². The second-order valence-corrected chi connectivity index (χ2v) is 6.53. The van der Waals surface area contributed by atoms with Crippen LogP contribution in [0.5, 0.6) is 0 Å². The molecule has 0 saturated carbocycles. The van der Waals surface area contributed by atoms with Crippen molar-refractivity contribution >= 4 is 40.3 Å². The third-order valence-corrected chi connectivity index (χ3v) is 4.54. The first-order chi connectivity index (χ1) is 11.1. The van der Waals surface area contributed by atoms with E-state index in [9.17, 15) is 10.1 Å². The number of nitro benzene ring substituents is 1. The zero-order chi connectivity index (χ0) is 16.7. The fraction of sp³-hybridized carbons (Fsp3) is 0.533. The van der Waals surface area contributed by atoms with Gasteiger partial charge in [0.15, 0.2) is 5.11 Å². The largest absolute Gasteiger partial charge is 0.362 e. The van der Waals surface area contributed by atoms with Crippen LogP contribution in [0.3, 0.4) is 0 Å². The van der Waals surface area contributed by atoms with E-state index in [-0.39, 0.29) is 5.69 Å². The standard InChI is InChI=1S/C15H21ClN4O2S/c16-13-6-5-12(20(21)22)11-14(13)18-15(23)17-7-4-10-19-8-2-1-3-9-19/h5-6,11H,1-4,7-10H2,(H2,17,18,23)/p+1. The molecule has 23 heavy (non-hydrogen) atoms. The summed E-state index contributed by atoms with van der Waals surface area (Å²) in [7, 11) is 0. The maximum atomic E-state index is 10.8. The Morgan fingerprint density at radius 2 is 2.09 bits per heavy atom. The molecule has 0 radical (unpaired) electrons. The lowest BCUT2D eigenvalue weighted by molar-refractivity contribution is -0.904. The SMILES string of the molecule is O=[N+]([O-])c1ccc(Cl)c(NC(=S)NCCC[NH+]2CCCCC2)c1. The Balaban J connectivity index is 1.74. The van der Waals surface area contributed by atoms with E-state index in [1.54, 1.807) is 4.90 Å². The molecule has 0 spiro atoms. The molecular formula is C15H22ClN4O2S+. The van der Waals surface area contributed by atoms with Gasteiger partial charge in [-0.2, -0.15) is 0 Å². The minimum absolute atomic E-state index is 0.0200. The van der Waals surface area contributed by atoms with Crippen molar-refractivity contribution in [3.05, 3.63) is 33.3 Å². The van der Waals surface area contributed by atoms with Crippen LogP contribution < -0.4 is 15.5 Å². The fourth-order valence-corrected chi connectivity index (χ4v) is 3.11. The minimum atomic E-state index is -0.459. The quantitative estimate of drug-likeness (QED) is 0.314. The summed E-state index contributed by atoms with van der Waals surface area (Å²) in [6.45, 7) is 4.47. The van der Waals surface area contributed by atoms with Gasteiger partial charge >= 0.3 is 0 Å². The summed E-state index contributed by atoms with van der Waals surface area (Å²) in [5.74, 6) is 0. The van der Waals surface area contributed by atoms with E-state index in [1.165, 1.54) is 50.6 Å². The van der Waals surface area contributed by atoms with Gasteiger partial charge in [-0.15, -0.1) is 0 Å². The van der Waals surface area contributed by atoms with Crippen LogP contribution in [0.1, 0.15) is 25.7 Å². The van der Waals surface area contributed by atoms with E-state index in [1.807, 2.05) is 0 Å². The molecule has 0 bridgehead atoms. The van der Waals surface area contributed by atoms with Gasteiger partial charge in [-0.05, 0) is 37.5 Å². The van der Waals surface area contributed by atoms with E-state index < -0.39 is 4.92 Å².